The topological polar surface area (TPSA) is 15.7 Å². The van der Waals surface area contributed by atoms with Gasteiger partial charge in [-0.2, -0.15) is 0 Å². The van der Waals surface area contributed by atoms with E-state index in [1.165, 1.54) is 22.3 Å². The van der Waals surface area contributed by atoms with Crippen LogP contribution < -0.4 is 4.74 Å². The Balaban J connectivity index is 1.61. The van der Waals surface area contributed by atoms with Crippen LogP contribution in [0.5, 0.6) is 11.5 Å². The first-order valence-electron chi connectivity index (χ1n) is 12.4. The summed E-state index contributed by atoms with van der Waals surface area (Å²) >= 11 is 0. The molecule has 2 aromatic carbocycles. The number of hydrogen-bond donors (Lipinski definition) is 0. The van der Waals surface area contributed by atoms with Crippen molar-refractivity contribution in [3.63, 3.8) is 0 Å². The average Bonchev–Trinajstić information content (AvgIpc) is 2.83. The number of fused-ring (bicyclic) bond motifs is 2. The van der Waals surface area contributed by atoms with Gasteiger partial charge in [0.05, 0.1) is 0 Å². The molecule has 0 saturated heterocycles. The highest BCUT2D eigenvalue weighted by atomic mass is 16.5. The van der Waals surface area contributed by atoms with Crippen molar-refractivity contribution in [3.8, 4) is 11.5 Å². The minimum Gasteiger partial charge on any atom is -0.457 e. The van der Waals surface area contributed by atoms with Crippen LogP contribution in [0.2, 0.25) is 0 Å². The van der Waals surface area contributed by atoms with E-state index in [0.29, 0.717) is 0 Å². The summed E-state index contributed by atoms with van der Waals surface area (Å²) in [5.74, 6) is 1.97. The van der Waals surface area contributed by atoms with Gasteiger partial charge in [-0.3, -0.25) is 0 Å². The molecule has 0 aliphatic carbocycles. The van der Waals surface area contributed by atoms with Gasteiger partial charge >= 0.3 is 0 Å². The molecule has 0 N–H and O–H groups in total. The highest BCUT2D eigenvalue weighted by Gasteiger charge is 2.17. The Kier molecular flexibility index (Phi) is 9.58. The second-order valence-corrected chi connectivity index (χ2v) is 8.45. The minimum absolute atomic E-state index is 0.924. The lowest BCUT2D eigenvalue weighted by Crippen LogP contribution is -2.23. The number of benzene rings is 2. The Labute approximate surface area is 195 Å². The van der Waals surface area contributed by atoms with Crippen molar-refractivity contribution >= 4 is 12.2 Å². The smallest absolute Gasteiger partial charge is 0.131 e. The van der Waals surface area contributed by atoms with E-state index >= 15 is 0 Å². The van der Waals surface area contributed by atoms with E-state index in [9.17, 15) is 0 Å². The van der Waals surface area contributed by atoms with Gasteiger partial charge < -0.3 is 14.5 Å². The largest absolute Gasteiger partial charge is 0.457 e. The predicted molar refractivity (Wildman–Crippen MR) is 139 cm³/mol. The van der Waals surface area contributed by atoms with Crippen molar-refractivity contribution in [2.24, 2.45) is 0 Å². The summed E-state index contributed by atoms with van der Waals surface area (Å²) in [5.41, 5.74) is 5.04. The molecule has 0 fully saturated rings. The normalized spacial score (nSPS) is 13.2. The van der Waals surface area contributed by atoms with Crippen LogP contribution in [-0.2, 0) is 6.42 Å². The summed E-state index contributed by atoms with van der Waals surface area (Å²) < 4.78 is 6.20. The Morgan fingerprint density at radius 3 is 1.53 bits per heavy atom. The van der Waals surface area contributed by atoms with E-state index in [4.69, 9.17) is 4.74 Å². The number of nitrogens with zero attached hydrogens (tertiary/aromatic N) is 2. The molecule has 0 radical (unpaired) electrons. The zero-order chi connectivity index (χ0) is 22.8. The Morgan fingerprint density at radius 1 is 0.688 bits per heavy atom. The Bertz CT molecular complexity index is 834. The molecule has 0 bridgehead atoms. The molecule has 0 saturated carbocycles. The lowest BCUT2D eigenvalue weighted by Gasteiger charge is -2.21. The summed E-state index contributed by atoms with van der Waals surface area (Å²) in [6.45, 7) is 15.6. The van der Waals surface area contributed by atoms with Gasteiger partial charge in [-0.15, -0.1) is 0 Å². The molecule has 0 spiro atoms. The van der Waals surface area contributed by atoms with Gasteiger partial charge in [-0.05, 0) is 85.5 Å². The molecule has 172 valence electrons. The molecule has 1 heterocycles. The third-order valence-corrected chi connectivity index (χ3v) is 6.40. The summed E-state index contributed by atoms with van der Waals surface area (Å²) in [5, 5.41) is 0. The second kappa shape index (κ2) is 12.6. The molecule has 32 heavy (non-hydrogen) atoms. The van der Waals surface area contributed by atoms with E-state index in [1.807, 2.05) is 0 Å². The van der Waals surface area contributed by atoms with Gasteiger partial charge in [0.2, 0.25) is 0 Å². The Hall–Kier alpha value is -2.36. The fraction of sp³-hybridized carbons (Fsp3) is 0.448. The van der Waals surface area contributed by atoms with E-state index < -0.39 is 0 Å². The number of rotatable bonds is 12. The highest BCUT2D eigenvalue weighted by molar-refractivity contribution is 5.60. The Morgan fingerprint density at radius 2 is 1.12 bits per heavy atom. The van der Waals surface area contributed by atoms with Gasteiger partial charge in [0, 0.05) is 19.5 Å². The molecule has 1 aliphatic rings. The third-order valence-electron chi connectivity index (χ3n) is 6.40. The van der Waals surface area contributed by atoms with E-state index in [-0.39, 0.29) is 0 Å². The summed E-state index contributed by atoms with van der Waals surface area (Å²) in [6.07, 6.45) is 12.2. The van der Waals surface area contributed by atoms with Crippen LogP contribution in [-0.4, -0.2) is 49.1 Å². The zero-order valence-electron chi connectivity index (χ0n) is 20.4. The first kappa shape index (κ1) is 24.3. The monoisotopic (exact) mass is 432 g/mol. The van der Waals surface area contributed by atoms with Gasteiger partial charge in [-0.25, -0.2) is 0 Å². The van der Waals surface area contributed by atoms with Gasteiger partial charge in [-0.1, -0.05) is 64.1 Å². The van der Waals surface area contributed by atoms with E-state index in [2.05, 4.69) is 98.2 Å². The van der Waals surface area contributed by atoms with Crippen LogP contribution in [0.1, 0.15) is 62.8 Å². The van der Waals surface area contributed by atoms with Gasteiger partial charge in [0.1, 0.15) is 11.5 Å². The molecule has 0 atom stereocenters. The molecule has 0 amide bonds. The van der Waals surface area contributed by atoms with Gasteiger partial charge in [0.15, 0.2) is 0 Å². The second-order valence-electron chi connectivity index (χ2n) is 8.45. The molecule has 3 heteroatoms. The average molecular weight is 433 g/mol. The van der Waals surface area contributed by atoms with Crippen LogP contribution >= 0.6 is 0 Å². The first-order chi connectivity index (χ1) is 15.7. The highest BCUT2D eigenvalue weighted by Crippen LogP contribution is 2.37. The van der Waals surface area contributed by atoms with E-state index in [0.717, 1.165) is 70.0 Å². The molecule has 3 nitrogen and oxygen atoms in total. The summed E-state index contributed by atoms with van der Waals surface area (Å²) in [7, 11) is 0. The maximum Gasteiger partial charge on any atom is 0.131 e. The quantitative estimate of drug-likeness (QED) is 0.310. The third kappa shape index (κ3) is 6.82. The maximum absolute atomic E-state index is 6.20. The number of ether oxygens (including phenoxy) is 1. The summed E-state index contributed by atoms with van der Waals surface area (Å²) in [4.78, 5) is 4.91. The fourth-order valence-electron chi connectivity index (χ4n) is 4.24. The SMILES string of the molecule is CCN(CC)CC/C=C/c1ccc2c(c1)Cc1cc(/C=C/CCN(CC)CC)ccc1O2. The molecule has 2 aromatic rings. The standard InChI is InChI=1S/C29H40N2O/c1-5-30(6-2)19-11-9-13-24-15-17-28-26(21-24)23-27-22-25(16-18-29(27)32-28)14-10-12-20-31(7-3)8-4/h9-10,13-18,21-22H,5-8,11-12,19-20,23H2,1-4H3/b13-9+,14-10+. The molecule has 3 rings (SSSR count). The van der Waals surface area contributed by atoms with Crippen LogP contribution in [0, 0.1) is 0 Å². The van der Waals surface area contributed by atoms with Crippen LogP contribution in [0.15, 0.2) is 48.6 Å². The fourth-order valence-corrected chi connectivity index (χ4v) is 4.24. The van der Waals surface area contributed by atoms with Crippen molar-refractivity contribution in [2.75, 3.05) is 39.3 Å². The van der Waals surface area contributed by atoms with Crippen LogP contribution in [0.3, 0.4) is 0 Å². The number of hydrogen-bond acceptors (Lipinski definition) is 3. The van der Waals surface area contributed by atoms with Crippen LogP contribution in [0.25, 0.3) is 12.2 Å². The summed E-state index contributed by atoms with van der Waals surface area (Å²) in [6, 6.07) is 13.1. The lowest BCUT2D eigenvalue weighted by molar-refractivity contribution is 0.310. The van der Waals surface area contributed by atoms with Crippen molar-refractivity contribution in [3.05, 3.63) is 70.8 Å². The first-order valence-corrected chi connectivity index (χ1v) is 12.4. The van der Waals surface area contributed by atoms with Crippen LogP contribution in [0.4, 0.5) is 0 Å². The minimum atomic E-state index is 0.924. The van der Waals surface area contributed by atoms with Gasteiger partial charge in [0.25, 0.3) is 0 Å². The molecule has 0 unspecified atom stereocenters. The van der Waals surface area contributed by atoms with Crippen molar-refractivity contribution in [1.82, 2.24) is 9.80 Å². The molecule has 0 aromatic heterocycles. The molecular weight excluding hydrogens is 392 g/mol. The van der Waals surface area contributed by atoms with E-state index in [1.54, 1.807) is 0 Å². The van der Waals surface area contributed by atoms with Crippen molar-refractivity contribution < 1.29 is 4.74 Å². The predicted octanol–water partition coefficient (Wildman–Crippen LogP) is 6.87. The van der Waals surface area contributed by atoms with Crippen molar-refractivity contribution in [1.29, 1.82) is 0 Å². The molecule has 1 aliphatic heterocycles. The van der Waals surface area contributed by atoms with Crippen molar-refractivity contribution in [2.45, 2.75) is 47.0 Å². The lowest BCUT2D eigenvalue weighted by atomic mass is 9.96. The maximum atomic E-state index is 6.20. The molecular formula is C29H40N2O. The zero-order valence-corrected chi connectivity index (χ0v) is 20.4.